The molecule has 2 atom stereocenters. The van der Waals surface area contributed by atoms with Crippen molar-refractivity contribution in [3.63, 3.8) is 0 Å². The van der Waals surface area contributed by atoms with E-state index in [2.05, 4.69) is 10.3 Å². The van der Waals surface area contributed by atoms with Crippen molar-refractivity contribution in [2.24, 2.45) is 0 Å². The second-order valence-corrected chi connectivity index (χ2v) is 9.07. The normalized spacial score (nSPS) is 19.7. The highest BCUT2D eigenvalue weighted by Gasteiger charge is 2.45. The number of hydrogen-bond acceptors (Lipinski definition) is 7. The quantitative estimate of drug-likeness (QED) is 0.403. The smallest absolute Gasteiger partial charge is 0.411 e. The summed E-state index contributed by atoms with van der Waals surface area (Å²) in [6.45, 7) is 2.93. The maximum Gasteiger partial charge on any atom is 0.411 e. The van der Waals surface area contributed by atoms with E-state index in [-0.39, 0.29) is 6.10 Å². The van der Waals surface area contributed by atoms with E-state index in [4.69, 9.17) is 30.5 Å². The highest BCUT2D eigenvalue weighted by Crippen LogP contribution is 2.41. The zero-order valence-corrected chi connectivity index (χ0v) is 20.5. The molecule has 1 aliphatic heterocycles. The first-order chi connectivity index (χ1) is 16.5. The lowest BCUT2D eigenvalue weighted by Gasteiger charge is -2.30. The molecular weight excluding hydrogens is 478 g/mol. The lowest BCUT2D eigenvalue weighted by atomic mass is 10.1. The molecular formula is C24H26ClN3O5S. The summed E-state index contributed by atoms with van der Waals surface area (Å²) in [5, 5.41) is 3.20. The lowest BCUT2D eigenvalue weighted by molar-refractivity contribution is -0.184. The van der Waals surface area contributed by atoms with Crippen molar-refractivity contribution in [3.05, 3.63) is 71.8 Å². The molecule has 2 aromatic carbocycles. The molecule has 1 fully saturated rings. The number of thioether (sulfide) groups is 1. The third kappa shape index (κ3) is 5.85. The van der Waals surface area contributed by atoms with Gasteiger partial charge in [0.1, 0.15) is 5.75 Å². The average molecular weight is 504 g/mol. The highest BCUT2D eigenvalue weighted by atomic mass is 35.5. The monoisotopic (exact) mass is 503 g/mol. The summed E-state index contributed by atoms with van der Waals surface area (Å²) in [5.74, 6) is 0.310. The molecule has 3 aromatic rings. The Labute approximate surface area is 207 Å². The molecule has 2 heterocycles. The third-order valence-corrected chi connectivity index (χ3v) is 6.66. The van der Waals surface area contributed by atoms with Gasteiger partial charge in [-0.25, -0.2) is 9.78 Å². The zero-order valence-electron chi connectivity index (χ0n) is 18.9. The van der Waals surface area contributed by atoms with Crippen LogP contribution < -0.4 is 10.1 Å². The van der Waals surface area contributed by atoms with Crippen LogP contribution in [0, 0.1) is 0 Å². The minimum absolute atomic E-state index is 0.149. The van der Waals surface area contributed by atoms with Gasteiger partial charge >= 0.3 is 6.09 Å². The summed E-state index contributed by atoms with van der Waals surface area (Å²) in [7, 11) is 1.60. The third-order valence-electron chi connectivity index (χ3n) is 5.21. The number of methoxy groups -OCH3 is 1. The van der Waals surface area contributed by atoms with E-state index in [0.29, 0.717) is 42.0 Å². The largest absolute Gasteiger partial charge is 0.497 e. The maximum atomic E-state index is 11.6. The summed E-state index contributed by atoms with van der Waals surface area (Å²) < 4.78 is 24.9. The van der Waals surface area contributed by atoms with Gasteiger partial charge in [0.15, 0.2) is 0 Å². The number of carbonyl (C=O) groups excluding carboxylic acids is 1. The number of aromatic nitrogens is 2. The number of amides is 1. The van der Waals surface area contributed by atoms with E-state index < -0.39 is 11.9 Å². The molecule has 1 amide bonds. The van der Waals surface area contributed by atoms with Gasteiger partial charge < -0.3 is 23.5 Å². The van der Waals surface area contributed by atoms with E-state index in [0.717, 1.165) is 10.5 Å². The van der Waals surface area contributed by atoms with Crippen molar-refractivity contribution >= 4 is 35.1 Å². The van der Waals surface area contributed by atoms with Crippen molar-refractivity contribution in [2.75, 3.05) is 31.4 Å². The fourth-order valence-electron chi connectivity index (χ4n) is 3.62. The fourth-order valence-corrected chi connectivity index (χ4v) is 4.80. The second kappa shape index (κ2) is 11.1. The molecule has 0 bridgehead atoms. The SMILES string of the molecule is CCOC(=O)Nc1ccc(SC[C@@H]2CO[C@@](Cn3ccnc3)(c3ccc(OC)cc3Cl)O2)cc1. The molecule has 0 unspecified atom stereocenters. The van der Waals surface area contributed by atoms with Gasteiger partial charge in [0.2, 0.25) is 5.79 Å². The minimum Gasteiger partial charge on any atom is -0.497 e. The van der Waals surface area contributed by atoms with Gasteiger partial charge in [-0.3, -0.25) is 5.32 Å². The van der Waals surface area contributed by atoms with Gasteiger partial charge in [-0.2, -0.15) is 0 Å². The van der Waals surface area contributed by atoms with E-state index >= 15 is 0 Å². The van der Waals surface area contributed by atoms with Gasteiger partial charge in [0.25, 0.3) is 0 Å². The number of ether oxygens (including phenoxy) is 4. The summed E-state index contributed by atoms with van der Waals surface area (Å²) in [5.41, 5.74) is 1.42. The van der Waals surface area contributed by atoms with Gasteiger partial charge in [-0.05, 0) is 49.4 Å². The molecule has 0 spiro atoms. The van der Waals surface area contributed by atoms with Crippen LogP contribution in [0.3, 0.4) is 0 Å². The average Bonchev–Trinajstić information content (AvgIpc) is 3.49. The Kier molecular flexibility index (Phi) is 7.99. The van der Waals surface area contributed by atoms with Gasteiger partial charge in [-0.15, -0.1) is 11.8 Å². The van der Waals surface area contributed by atoms with Crippen molar-refractivity contribution in [2.45, 2.75) is 30.3 Å². The number of halogens is 1. The van der Waals surface area contributed by atoms with Gasteiger partial charge in [0, 0.05) is 34.3 Å². The predicted octanol–water partition coefficient (Wildman–Crippen LogP) is 5.17. The Balaban J connectivity index is 1.43. The first-order valence-corrected chi connectivity index (χ1v) is 12.2. The summed E-state index contributed by atoms with van der Waals surface area (Å²) >= 11 is 8.25. The van der Waals surface area contributed by atoms with Crippen LogP contribution in [0.15, 0.2) is 66.1 Å². The number of nitrogens with one attached hydrogen (secondary N) is 1. The fraction of sp³-hybridized carbons (Fsp3) is 0.333. The summed E-state index contributed by atoms with van der Waals surface area (Å²) in [4.78, 5) is 16.7. The number of hydrogen-bond donors (Lipinski definition) is 1. The number of anilines is 1. The Hall–Kier alpha value is -2.72. The Morgan fingerprint density at radius 2 is 2.15 bits per heavy atom. The zero-order chi connectivity index (χ0) is 24.0. The van der Waals surface area contributed by atoms with Crippen LogP contribution in [0.1, 0.15) is 12.5 Å². The van der Waals surface area contributed by atoms with E-state index in [1.165, 1.54) is 0 Å². The number of rotatable bonds is 9. The van der Waals surface area contributed by atoms with Crippen LogP contribution in [-0.2, 0) is 26.5 Å². The van der Waals surface area contributed by atoms with Crippen LogP contribution in [0.5, 0.6) is 5.75 Å². The van der Waals surface area contributed by atoms with E-state index in [9.17, 15) is 4.79 Å². The summed E-state index contributed by atoms with van der Waals surface area (Å²) in [6, 6.07) is 13.0. The van der Waals surface area contributed by atoms with Crippen molar-refractivity contribution in [1.29, 1.82) is 0 Å². The van der Waals surface area contributed by atoms with Crippen molar-refractivity contribution < 1.29 is 23.7 Å². The molecule has 180 valence electrons. The molecule has 4 rings (SSSR count). The Morgan fingerprint density at radius 3 is 2.82 bits per heavy atom. The summed E-state index contributed by atoms with van der Waals surface area (Å²) in [6.07, 6.45) is 4.68. The Morgan fingerprint density at radius 1 is 1.32 bits per heavy atom. The van der Waals surface area contributed by atoms with Crippen LogP contribution in [0.2, 0.25) is 5.02 Å². The standard InChI is InChI=1S/C24H26ClN3O5S/c1-3-31-23(29)27-17-4-7-20(8-5-17)34-14-19-13-32-24(33-19,15-28-11-10-26-16-28)21-9-6-18(30-2)12-22(21)25/h4-12,16,19H,3,13-15H2,1-2H3,(H,27,29)/t19-,24+/m0/s1. The maximum absolute atomic E-state index is 11.6. The van der Waals surface area contributed by atoms with E-state index in [1.807, 2.05) is 47.2 Å². The number of imidazole rings is 1. The molecule has 0 radical (unpaired) electrons. The molecule has 1 N–H and O–H groups in total. The topological polar surface area (TPSA) is 83.8 Å². The molecule has 1 aliphatic rings. The van der Waals surface area contributed by atoms with Crippen LogP contribution in [-0.4, -0.2) is 47.8 Å². The molecule has 10 heteroatoms. The molecule has 1 aromatic heterocycles. The highest BCUT2D eigenvalue weighted by molar-refractivity contribution is 7.99. The number of benzene rings is 2. The second-order valence-electron chi connectivity index (χ2n) is 7.57. The molecule has 1 saturated heterocycles. The minimum atomic E-state index is -1.04. The van der Waals surface area contributed by atoms with Gasteiger partial charge in [0.05, 0.1) is 44.3 Å². The van der Waals surface area contributed by atoms with Crippen molar-refractivity contribution in [3.8, 4) is 5.75 Å². The molecule has 34 heavy (non-hydrogen) atoms. The Bertz CT molecular complexity index is 1100. The molecule has 0 saturated carbocycles. The van der Waals surface area contributed by atoms with E-state index in [1.54, 1.807) is 44.4 Å². The van der Waals surface area contributed by atoms with Gasteiger partial charge in [-0.1, -0.05) is 11.6 Å². The molecule has 8 nitrogen and oxygen atoms in total. The van der Waals surface area contributed by atoms with Crippen LogP contribution in [0.4, 0.5) is 10.5 Å². The number of carbonyl (C=O) groups is 1. The predicted molar refractivity (Wildman–Crippen MR) is 131 cm³/mol. The lowest BCUT2D eigenvalue weighted by Crippen LogP contribution is -2.34. The first kappa shape index (κ1) is 24.4. The van der Waals surface area contributed by atoms with Crippen LogP contribution in [0.25, 0.3) is 0 Å². The molecule has 0 aliphatic carbocycles. The first-order valence-electron chi connectivity index (χ1n) is 10.8. The number of nitrogens with zero attached hydrogens (tertiary/aromatic N) is 2. The van der Waals surface area contributed by atoms with Crippen LogP contribution >= 0.6 is 23.4 Å². The van der Waals surface area contributed by atoms with Crippen molar-refractivity contribution in [1.82, 2.24) is 9.55 Å².